The summed E-state index contributed by atoms with van der Waals surface area (Å²) in [7, 11) is 1.81. The molecule has 7 heteroatoms. The second kappa shape index (κ2) is 7.97. The first-order chi connectivity index (χ1) is 13.2. The number of nitrogens with zero attached hydrogens (tertiary/aromatic N) is 3. The highest BCUT2D eigenvalue weighted by atomic mass is 16.5. The highest BCUT2D eigenvalue weighted by Crippen LogP contribution is 2.40. The van der Waals surface area contributed by atoms with E-state index in [1.54, 1.807) is 10.7 Å². The van der Waals surface area contributed by atoms with Crippen molar-refractivity contribution < 1.29 is 14.6 Å². The molecule has 2 aliphatic heterocycles. The number of piperidine rings is 1. The number of likely N-dealkylation sites (tertiary alicyclic amines) is 1. The van der Waals surface area contributed by atoms with Crippen LogP contribution in [0, 0.1) is 6.92 Å². The van der Waals surface area contributed by atoms with Crippen molar-refractivity contribution >= 4 is 5.91 Å². The molecule has 1 amide bonds. The number of amides is 1. The Labute approximate surface area is 167 Å². The molecule has 0 bridgehead atoms. The van der Waals surface area contributed by atoms with Gasteiger partial charge in [-0.05, 0) is 53.0 Å². The number of aryl methyl sites for hydroxylation is 2. The molecule has 0 unspecified atom stereocenters. The molecule has 0 saturated carbocycles. The van der Waals surface area contributed by atoms with Crippen molar-refractivity contribution in [1.82, 2.24) is 20.0 Å². The van der Waals surface area contributed by atoms with Gasteiger partial charge in [-0.15, -0.1) is 0 Å². The van der Waals surface area contributed by atoms with Crippen molar-refractivity contribution in [1.29, 1.82) is 0 Å². The average molecular weight is 391 g/mol. The van der Waals surface area contributed by atoms with Crippen LogP contribution in [0.4, 0.5) is 0 Å². The van der Waals surface area contributed by atoms with Crippen LogP contribution in [0.15, 0.2) is 17.7 Å². The normalized spacial score (nSPS) is 27.6. The van der Waals surface area contributed by atoms with Gasteiger partial charge in [-0.1, -0.05) is 11.6 Å². The predicted molar refractivity (Wildman–Crippen MR) is 108 cm³/mol. The van der Waals surface area contributed by atoms with Crippen molar-refractivity contribution in [3.63, 3.8) is 0 Å². The van der Waals surface area contributed by atoms with Crippen LogP contribution in [0.5, 0.6) is 0 Å². The van der Waals surface area contributed by atoms with Crippen molar-refractivity contribution in [2.75, 3.05) is 26.2 Å². The Morgan fingerprint density at radius 3 is 2.64 bits per heavy atom. The SMILES string of the molecule is CC(C)=CCN1CCC2(CC1)OCC[C@@](C)(NC(=O)c1cc(C)n(C)n1)[C@@H]2O. The molecule has 2 N–H and O–H groups in total. The van der Waals surface area contributed by atoms with E-state index in [1.165, 1.54) is 5.57 Å². The number of rotatable bonds is 4. The zero-order chi connectivity index (χ0) is 20.5. The van der Waals surface area contributed by atoms with Crippen LogP contribution >= 0.6 is 0 Å². The lowest BCUT2D eigenvalue weighted by Gasteiger charge is -2.53. The zero-order valence-corrected chi connectivity index (χ0v) is 17.8. The summed E-state index contributed by atoms with van der Waals surface area (Å²) in [6.45, 7) is 11.3. The van der Waals surface area contributed by atoms with Gasteiger partial charge in [0.1, 0.15) is 11.8 Å². The molecule has 0 aliphatic carbocycles. The second-order valence-electron chi connectivity index (χ2n) is 8.81. The first kappa shape index (κ1) is 21.0. The number of hydrogen-bond acceptors (Lipinski definition) is 5. The Balaban J connectivity index is 1.68. The lowest BCUT2D eigenvalue weighted by Crippen LogP contribution is -2.69. The summed E-state index contributed by atoms with van der Waals surface area (Å²) in [5.74, 6) is -0.247. The number of ether oxygens (including phenoxy) is 1. The van der Waals surface area contributed by atoms with E-state index >= 15 is 0 Å². The van der Waals surface area contributed by atoms with Crippen LogP contribution < -0.4 is 5.32 Å². The molecule has 3 rings (SSSR count). The molecule has 2 saturated heterocycles. The van der Waals surface area contributed by atoms with Crippen LogP contribution in [0.3, 0.4) is 0 Å². The van der Waals surface area contributed by atoms with Crippen LogP contribution in [0.2, 0.25) is 0 Å². The Hall–Kier alpha value is -1.70. The molecule has 2 atom stereocenters. The highest BCUT2D eigenvalue weighted by Gasteiger charge is 2.53. The third-order valence-electron chi connectivity index (χ3n) is 6.32. The number of aromatic nitrogens is 2. The molecule has 3 heterocycles. The van der Waals surface area contributed by atoms with Crippen molar-refractivity contribution in [2.24, 2.45) is 7.05 Å². The van der Waals surface area contributed by atoms with E-state index in [0.717, 1.165) is 38.2 Å². The fraction of sp³-hybridized carbons (Fsp3) is 0.714. The first-order valence-corrected chi connectivity index (χ1v) is 10.2. The maximum Gasteiger partial charge on any atom is 0.272 e. The predicted octanol–water partition coefficient (Wildman–Crippen LogP) is 1.80. The minimum absolute atomic E-state index is 0.247. The van der Waals surface area contributed by atoms with Gasteiger partial charge < -0.3 is 15.2 Å². The molecule has 0 radical (unpaired) electrons. The number of carbonyl (C=O) groups excluding carboxylic acids is 1. The number of allylic oxidation sites excluding steroid dienone is 1. The first-order valence-electron chi connectivity index (χ1n) is 10.2. The lowest BCUT2D eigenvalue weighted by molar-refractivity contribution is -0.205. The van der Waals surface area contributed by atoms with Crippen LogP contribution in [-0.2, 0) is 11.8 Å². The van der Waals surface area contributed by atoms with E-state index in [2.05, 4.69) is 35.2 Å². The van der Waals surface area contributed by atoms with Gasteiger partial charge in [0.15, 0.2) is 0 Å². The van der Waals surface area contributed by atoms with Gasteiger partial charge in [0, 0.05) is 39.0 Å². The topological polar surface area (TPSA) is 79.6 Å². The maximum atomic E-state index is 12.7. The molecule has 28 heavy (non-hydrogen) atoms. The Kier molecular flexibility index (Phi) is 5.98. The van der Waals surface area contributed by atoms with E-state index in [0.29, 0.717) is 18.7 Å². The number of nitrogens with one attached hydrogen (secondary N) is 1. The Morgan fingerprint density at radius 1 is 1.39 bits per heavy atom. The summed E-state index contributed by atoms with van der Waals surface area (Å²) in [5.41, 5.74) is 1.28. The number of aliphatic hydroxyl groups excluding tert-OH is 1. The number of hydrogen-bond donors (Lipinski definition) is 2. The molecular weight excluding hydrogens is 356 g/mol. The van der Waals surface area contributed by atoms with E-state index in [1.807, 2.05) is 20.9 Å². The van der Waals surface area contributed by atoms with Crippen LogP contribution in [0.1, 0.15) is 56.2 Å². The Bertz CT molecular complexity index is 725. The molecule has 2 aliphatic rings. The third kappa shape index (κ3) is 4.16. The lowest BCUT2D eigenvalue weighted by atomic mass is 9.73. The van der Waals surface area contributed by atoms with Crippen LogP contribution in [0.25, 0.3) is 0 Å². The molecule has 0 aromatic carbocycles. The average Bonchev–Trinajstić information content (AvgIpc) is 2.98. The monoisotopic (exact) mass is 390 g/mol. The molecule has 7 nitrogen and oxygen atoms in total. The van der Waals surface area contributed by atoms with Gasteiger partial charge >= 0.3 is 0 Å². The summed E-state index contributed by atoms with van der Waals surface area (Å²) in [6, 6.07) is 1.77. The van der Waals surface area contributed by atoms with Crippen molar-refractivity contribution in [2.45, 2.75) is 64.2 Å². The molecule has 1 spiro atoms. The standard InChI is InChI=1S/C21H34N4O3/c1-15(2)6-10-25-11-7-21(8-12-25)19(27)20(4,9-13-28-21)22-18(26)17-14-16(3)24(5)23-17/h6,14,19,27H,7-13H2,1-5H3,(H,22,26)/t19-,20+/m0/s1. The summed E-state index contributed by atoms with van der Waals surface area (Å²) in [4.78, 5) is 15.1. The molecular formula is C21H34N4O3. The molecule has 1 aromatic rings. The molecule has 1 aromatic heterocycles. The summed E-state index contributed by atoms with van der Waals surface area (Å²) in [6.07, 6.45) is 3.58. The second-order valence-corrected chi connectivity index (χ2v) is 8.81. The van der Waals surface area contributed by atoms with Gasteiger partial charge in [-0.2, -0.15) is 5.10 Å². The van der Waals surface area contributed by atoms with Crippen molar-refractivity contribution in [3.05, 3.63) is 29.1 Å². The zero-order valence-electron chi connectivity index (χ0n) is 17.8. The van der Waals surface area contributed by atoms with Gasteiger partial charge in [0.2, 0.25) is 0 Å². The van der Waals surface area contributed by atoms with Gasteiger partial charge in [-0.25, -0.2) is 0 Å². The quantitative estimate of drug-likeness (QED) is 0.767. The largest absolute Gasteiger partial charge is 0.388 e. The van der Waals surface area contributed by atoms with Gasteiger partial charge in [0.25, 0.3) is 5.91 Å². The summed E-state index contributed by atoms with van der Waals surface area (Å²) < 4.78 is 7.82. The van der Waals surface area contributed by atoms with Gasteiger partial charge in [-0.3, -0.25) is 14.4 Å². The third-order valence-corrected chi connectivity index (χ3v) is 6.32. The number of aliphatic hydroxyl groups is 1. The van der Waals surface area contributed by atoms with Gasteiger partial charge in [0.05, 0.1) is 11.1 Å². The maximum absolute atomic E-state index is 12.7. The van der Waals surface area contributed by atoms with Crippen molar-refractivity contribution in [3.8, 4) is 0 Å². The van der Waals surface area contributed by atoms with E-state index in [-0.39, 0.29) is 5.91 Å². The fourth-order valence-electron chi connectivity index (χ4n) is 4.23. The molecule has 156 valence electrons. The summed E-state index contributed by atoms with van der Waals surface area (Å²) >= 11 is 0. The minimum Gasteiger partial charge on any atom is -0.388 e. The smallest absolute Gasteiger partial charge is 0.272 e. The van der Waals surface area contributed by atoms with E-state index < -0.39 is 17.2 Å². The van der Waals surface area contributed by atoms with Crippen LogP contribution in [-0.4, -0.2) is 69.2 Å². The van der Waals surface area contributed by atoms with E-state index in [9.17, 15) is 9.90 Å². The Morgan fingerprint density at radius 2 is 2.07 bits per heavy atom. The molecule has 2 fully saturated rings. The highest BCUT2D eigenvalue weighted by molar-refractivity contribution is 5.93. The fourth-order valence-corrected chi connectivity index (χ4v) is 4.23. The number of carbonyl (C=O) groups is 1. The van der Waals surface area contributed by atoms with E-state index in [4.69, 9.17) is 4.74 Å². The summed E-state index contributed by atoms with van der Waals surface area (Å²) in [5, 5.41) is 18.6. The minimum atomic E-state index is -0.756.